The van der Waals surface area contributed by atoms with E-state index in [0.29, 0.717) is 42.8 Å². The Kier molecular flexibility index (Phi) is 5.15. The Morgan fingerprint density at radius 2 is 1.84 bits per heavy atom. The summed E-state index contributed by atoms with van der Waals surface area (Å²) in [6.45, 7) is 2.65. The van der Waals surface area contributed by atoms with Crippen molar-refractivity contribution < 1.29 is 13.9 Å². The number of aromatic nitrogens is 4. The van der Waals surface area contributed by atoms with Crippen molar-refractivity contribution in [3.05, 3.63) is 65.6 Å². The number of carbonyl (C=O) groups is 1. The van der Waals surface area contributed by atoms with Gasteiger partial charge in [0.1, 0.15) is 17.3 Å². The smallest absolute Gasteiger partial charge is 0.274 e. The highest BCUT2D eigenvalue weighted by Crippen LogP contribution is 2.32. The van der Waals surface area contributed by atoms with Crippen LogP contribution in [0.2, 0.25) is 0 Å². The lowest BCUT2D eigenvalue weighted by Gasteiger charge is -2.30. The molecule has 0 saturated carbocycles. The first kappa shape index (κ1) is 19.3. The van der Waals surface area contributed by atoms with E-state index in [1.807, 2.05) is 0 Å². The van der Waals surface area contributed by atoms with Gasteiger partial charge in [-0.05, 0) is 37.1 Å². The van der Waals surface area contributed by atoms with E-state index in [4.69, 9.17) is 9.72 Å². The maximum atomic E-state index is 13.3. The van der Waals surface area contributed by atoms with Crippen molar-refractivity contribution in [2.75, 3.05) is 24.5 Å². The summed E-state index contributed by atoms with van der Waals surface area (Å²) in [5, 5.41) is 0. The number of anilines is 1. The summed E-state index contributed by atoms with van der Waals surface area (Å²) >= 11 is 0. The maximum absolute atomic E-state index is 13.3. The molecule has 158 valence electrons. The summed E-state index contributed by atoms with van der Waals surface area (Å²) in [4.78, 5) is 34.3. The second-order valence-corrected chi connectivity index (χ2v) is 7.57. The van der Waals surface area contributed by atoms with E-state index < -0.39 is 0 Å². The van der Waals surface area contributed by atoms with E-state index in [1.54, 1.807) is 17.0 Å². The van der Waals surface area contributed by atoms with Crippen molar-refractivity contribution in [1.29, 1.82) is 0 Å². The van der Waals surface area contributed by atoms with Gasteiger partial charge in [-0.25, -0.2) is 14.4 Å². The minimum absolute atomic E-state index is 0.199. The van der Waals surface area contributed by atoms with Crippen molar-refractivity contribution in [3.8, 4) is 11.6 Å². The Balaban J connectivity index is 1.48. The van der Waals surface area contributed by atoms with Crippen LogP contribution >= 0.6 is 0 Å². The Hall–Kier alpha value is -3.62. The summed E-state index contributed by atoms with van der Waals surface area (Å²) in [5.74, 6) is 0.981. The molecule has 2 aliphatic rings. The number of nitrogens with zero attached hydrogens (tertiary/aromatic N) is 6. The molecule has 31 heavy (non-hydrogen) atoms. The Morgan fingerprint density at radius 1 is 1.03 bits per heavy atom. The zero-order chi connectivity index (χ0) is 21.2. The number of hydrogen-bond donors (Lipinski definition) is 0. The van der Waals surface area contributed by atoms with E-state index in [2.05, 4.69) is 19.9 Å². The molecular formula is C22H21FN6O2. The molecule has 1 fully saturated rings. The van der Waals surface area contributed by atoms with Gasteiger partial charge >= 0.3 is 0 Å². The lowest BCUT2D eigenvalue weighted by atomic mass is 10.1. The summed E-state index contributed by atoms with van der Waals surface area (Å²) in [6, 6.07) is 5.80. The molecule has 0 bridgehead atoms. The van der Waals surface area contributed by atoms with Crippen LogP contribution in [-0.2, 0) is 13.0 Å². The number of benzene rings is 1. The minimum atomic E-state index is -0.337. The summed E-state index contributed by atoms with van der Waals surface area (Å²) in [5.41, 5.74) is 1.93. The van der Waals surface area contributed by atoms with Crippen molar-refractivity contribution >= 4 is 11.9 Å². The minimum Gasteiger partial charge on any atom is -0.438 e. The molecule has 0 aliphatic carbocycles. The Bertz CT molecular complexity index is 1090. The average Bonchev–Trinajstić information content (AvgIpc) is 3.35. The van der Waals surface area contributed by atoms with E-state index >= 15 is 0 Å². The van der Waals surface area contributed by atoms with Crippen LogP contribution in [0.25, 0.3) is 0 Å². The third-order valence-corrected chi connectivity index (χ3v) is 5.50. The van der Waals surface area contributed by atoms with Crippen LogP contribution in [0.1, 0.15) is 34.6 Å². The lowest BCUT2D eigenvalue weighted by Crippen LogP contribution is -2.37. The first-order chi connectivity index (χ1) is 15.2. The molecule has 8 nitrogen and oxygen atoms in total. The maximum Gasteiger partial charge on any atom is 0.274 e. The third kappa shape index (κ3) is 4.03. The topological polar surface area (TPSA) is 84.3 Å². The highest BCUT2D eigenvalue weighted by molar-refractivity contribution is 5.92. The molecule has 2 aliphatic heterocycles. The molecule has 0 atom stereocenters. The Labute approximate surface area is 178 Å². The normalized spacial score (nSPS) is 15.6. The van der Waals surface area contributed by atoms with Crippen molar-refractivity contribution in [1.82, 2.24) is 24.8 Å². The number of ether oxygens (including phenoxy) is 1. The number of rotatable bonds is 4. The molecule has 2 aromatic heterocycles. The molecule has 3 aromatic rings. The van der Waals surface area contributed by atoms with Gasteiger partial charge in [0.15, 0.2) is 0 Å². The molecule has 0 spiro atoms. The number of hydrogen-bond acceptors (Lipinski definition) is 7. The van der Waals surface area contributed by atoms with E-state index in [0.717, 1.165) is 37.2 Å². The van der Waals surface area contributed by atoms with Gasteiger partial charge in [-0.15, -0.1) is 0 Å². The zero-order valence-electron chi connectivity index (χ0n) is 16.9. The van der Waals surface area contributed by atoms with Gasteiger partial charge in [-0.2, -0.15) is 4.98 Å². The average molecular weight is 420 g/mol. The Morgan fingerprint density at radius 3 is 2.58 bits per heavy atom. The summed E-state index contributed by atoms with van der Waals surface area (Å²) in [7, 11) is 0. The predicted molar refractivity (Wildman–Crippen MR) is 110 cm³/mol. The molecule has 1 saturated heterocycles. The number of carbonyl (C=O) groups excluding carboxylic acids is 1. The van der Waals surface area contributed by atoms with Crippen LogP contribution in [0.15, 0.2) is 42.9 Å². The number of amides is 1. The van der Waals surface area contributed by atoms with E-state index in [-0.39, 0.29) is 11.7 Å². The lowest BCUT2D eigenvalue weighted by molar-refractivity contribution is 0.0725. The predicted octanol–water partition coefficient (Wildman–Crippen LogP) is 3.00. The fourth-order valence-corrected chi connectivity index (χ4v) is 3.87. The first-order valence-electron chi connectivity index (χ1n) is 10.3. The highest BCUT2D eigenvalue weighted by atomic mass is 19.1. The fraction of sp³-hybridized carbons (Fsp3) is 0.318. The van der Waals surface area contributed by atoms with Gasteiger partial charge in [0.25, 0.3) is 5.91 Å². The van der Waals surface area contributed by atoms with Crippen molar-refractivity contribution in [3.63, 3.8) is 0 Å². The van der Waals surface area contributed by atoms with Crippen molar-refractivity contribution in [2.24, 2.45) is 0 Å². The van der Waals surface area contributed by atoms with Crippen LogP contribution in [0, 0.1) is 5.82 Å². The van der Waals surface area contributed by atoms with Gasteiger partial charge in [-0.1, -0.05) is 0 Å². The SMILES string of the molecule is O=C(c1cnccn1)N1CCc2nc(N3CCCC3)nc(Oc3ccc(F)cc3)c2C1. The highest BCUT2D eigenvalue weighted by Gasteiger charge is 2.29. The molecule has 5 rings (SSSR count). The standard InChI is InChI=1S/C22H21FN6O2/c23-15-3-5-16(6-4-15)31-20-17-14-29(21(30)19-13-24-8-9-25-19)12-7-18(17)26-22(27-20)28-10-1-2-11-28/h3-6,8-9,13H,1-2,7,10-12,14H2. The summed E-state index contributed by atoms with van der Waals surface area (Å²) in [6.07, 6.45) is 7.29. The number of fused-ring (bicyclic) bond motifs is 1. The van der Waals surface area contributed by atoms with E-state index in [9.17, 15) is 9.18 Å². The van der Waals surface area contributed by atoms with Gasteiger partial charge in [0, 0.05) is 38.4 Å². The van der Waals surface area contributed by atoms with Gasteiger partial charge < -0.3 is 14.5 Å². The second-order valence-electron chi connectivity index (χ2n) is 7.57. The van der Waals surface area contributed by atoms with Gasteiger partial charge in [0.2, 0.25) is 11.8 Å². The zero-order valence-corrected chi connectivity index (χ0v) is 16.9. The van der Waals surface area contributed by atoms with Crippen molar-refractivity contribution in [2.45, 2.75) is 25.8 Å². The monoisotopic (exact) mass is 420 g/mol. The molecule has 4 heterocycles. The van der Waals surface area contributed by atoms with E-state index in [1.165, 1.54) is 30.7 Å². The number of halogens is 1. The quantitative estimate of drug-likeness (QED) is 0.641. The van der Waals surface area contributed by atoms with Crippen LogP contribution in [0.4, 0.5) is 10.3 Å². The van der Waals surface area contributed by atoms with Gasteiger partial charge in [0.05, 0.1) is 24.0 Å². The van der Waals surface area contributed by atoms with Gasteiger partial charge in [-0.3, -0.25) is 9.78 Å². The third-order valence-electron chi connectivity index (χ3n) is 5.50. The molecular weight excluding hydrogens is 399 g/mol. The molecule has 9 heteroatoms. The molecule has 0 radical (unpaired) electrons. The van der Waals surface area contributed by atoms with Crippen LogP contribution in [-0.4, -0.2) is 50.4 Å². The molecule has 1 amide bonds. The first-order valence-corrected chi connectivity index (χ1v) is 10.3. The fourth-order valence-electron chi connectivity index (χ4n) is 3.87. The summed E-state index contributed by atoms with van der Waals surface area (Å²) < 4.78 is 19.4. The van der Waals surface area contributed by atoms with Crippen LogP contribution in [0.5, 0.6) is 11.6 Å². The van der Waals surface area contributed by atoms with Crippen LogP contribution in [0.3, 0.4) is 0 Å². The second kappa shape index (κ2) is 8.25. The molecule has 0 unspecified atom stereocenters. The molecule has 1 aromatic carbocycles. The van der Waals surface area contributed by atoms with Crippen LogP contribution < -0.4 is 9.64 Å². The largest absolute Gasteiger partial charge is 0.438 e. The molecule has 0 N–H and O–H groups in total.